The molecule has 0 bridgehead atoms. The molecule has 0 saturated heterocycles. The average Bonchev–Trinajstić information content (AvgIpc) is 3.19. The van der Waals surface area contributed by atoms with Crippen LogP contribution in [0.25, 0.3) is 11.4 Å². The van der Waals surface area contributed by atoms with Gasteiger partial charge < -0.3 is 15.2 Å². The quantitative estimate of drug-likeness (QED) is 0.243. The van der Waals surface area contributed by atoms with Gasteiger partial charge in [0.05, 0.1) is 6.54 Å². The van der Waals surface area contributed by atoms with Gasteiger partial charge in [-0.3, -0.25) is 4.99 Å². The van der Waals surface area contributed by atoms with E-state index in [2.05, 4.69) is 25.8 Å². The monoisotopic (exact) mass is 561 g/mol. The van der Waals surface area contributed by atoms with E-state index in [1.54, 1.807) is 43.1 Å². The van der Waals surface area contributed by atoms with E-state index in [1.165, 1.54) is 6.07 Å². The normalized spacial score (nSPS) is 11.1. The lowest BCUT2D eigenvalue weighted by atomic mass is 10.1. The standard InChI is InChI=1S/C20H21ClFN5OS.HI/c1-23-20(24-10-14-5-8-17(22)9-15(14)12-29-2)25-11-18-26-19(27-28-18)13-3-6-16(21)7-4-13;/h3-9H,10-12H2,1-2H3,(H2,23,24,25);1H. The Bertz CT molecular complexity index is 984. The fraction of sp³-hybridized carbons (Fsp3) is 0.250. The maximum atomic E-state index is 13.5. The van der Waals surface area contributed by atoms with Gasteiger partial charge in [0.1, 0.15) is 5.82 Å². The van der Waals surface area contributed by atoms with Crippen molar-refractivity contribution in [2.45, 2.75) is 18.8 Å². The Balaban J connectivity index is 0.00000320. The highest BCUT2D eigenvalue weighted by Gasteiger charge is 2.10. The first-order valence-corrected chi connectivity index (χ1v) is 10.7. The van der Waals surface area contributed by atoms with Crippen LogP contribution in [-0.4, -0.2) is 29.4 Å². The van der Waals surface area contributed by atoms with Crippen LogP contribution in [0, 0.1) is 5.82 Å². The lowest BCUT2D eigenvalue weighted by Gasteiger charge is -2.13. The molecule has 0 radical (unpaired) electrons. The maximum Gasteiger partial charge on any atom is 0.246 e. The summed E-state index contributed by atoms with van der Waals surface area (Å²) in [6.45, 7) is 0.844. The number of aliphatic imine (C=N–C) groups is 1. The van der Waals surface area contributed by atoms with Gasteiger partial charge in [-0.2, -0.15) is 16.7 Å². The minimum atomic E-state index is -0.229. The van der Waals surface area contributed by atoms with Crippen LogP contribution in [0.4, 0.5) is 4.39 Å². The first kappa shape index (κ1) is 24.4. The Morgan fingerprint density at radius 1 is 1.13 bits per heavy atom. The summed E-state index contributed by atoms with van der Waals surface area (Å²) in [6, 6.07) is 12.0. The number of hydrogen-bond donors (Lipinski definition) is 2. The number of thioether (sulfide) groups is 1. The van der Waals surface area contributed by atoms with E-state index >= 15 is 0 Å². The molecule has 0 aliphatic carbocycles. The zero-order chi connectivity index (χ0) is 20.6. The molecule has 0 spiro atoms. The number of guanidine groups is 1. The molecule has 2 aromatic carbocycles. The Kier molecular flexibility index (Phi) is 9.86. The lowest BCUT2D eigenvalue weighted by molar-refractivity contribution is 0.375. The van der Waals surface area contributed by atoms with E-state index in [-0.39, 0.29) is 29.8 Å². The van der Waals surface area contributed by atoms with Gasteiger partial charge in [0.15, 0.2) is 5.96 Å². The van der Waals surface area contributed by atoms with E-state index in [1.807, 2.05) is 18.4 Å². The third-order valence-electron chi connectivity index (χ3n) is 4.12. The number of aromatic nitrogens is 2. The largest absolute Gasteiger partial charge is 0.352 e. The van der Waals surface area contributed by atoms with Crippen molar-refractivity contribution in [3.05, 3.63) is 70.3 Å². The molecule has 1 aromatic heterocycles. The molecule has 0 atom stereocenters. The molecule has 0 aliphatic heterocycles. The van der Waals surface area contributed by atoms with E-state index in [4.69, 9.17) is 16.1 Å². The second kappa shape index (κ2) is 12.1. The van der Waals surface area contributed by atoms with Crippen molar-refractivity contribution in [2.75, 3.05) is 13.3 Å². The first-order chi connectivity index (χ1) is 14.1. The number of nitrogens with one attached hydrogen (secondary N) is 2. The topological polar surface area (TPSA) is 75.3 Å². The van der Waals surface area contributed by atoms with Crippen molar-refractivity contribution in [1.29, 1.82) is 0 Å². The average molecular weight is 562 g/mol. The molecule has 0 aliphatic rings. The van der Waals surface area contributed by atoms with Crippen molar-refractivity contribution in [3.63, 3.8) is 0 Å². The minimum Gasteiger partial charge on any atom is -0.352 e. The van der Waals surface area contributed by atoms with Crippen molar-refractivity contribution in [2.24, 2.45) is 4.99 Å². The summed E-state index contributed by atoms with van der Waals surface area (Å²) in [5.41, 5.74) is 2.81. The zero-order valence-electron chi connectivity index (χ0n) is 16.5. The highest BCUT2D eigenvalue weighted by atomic mass is 127. The first-order valence-electron chi connectivity index (χ1n) is 8.88. The van der Waals surface area contributed by atoms with Crippen molar-refractivity contribution in [3.8, 4) is 11.4 Å². The molecular weight excluding hydrogens is 540 g/mol. The molecule has 3 rings (SSSR count). The van der Waals surface area contributed by atoms with Gasteiger partial charge >= 0.3 is 0 Å². The second-order valence-electron chi connectivity index (χ2n) is 6.14. The maximum absolute atomic E-state index is 13.5. The smallest absolute Gasteiger partial charge is 0.246 e. The van der Waals surface area contributed by atoms with Crippen LogP contribution in [0.15, 0.2) is 52.0 Å². The van der Waals surface area contributed by atoms with Crippen LogP contribution in [0.5, 0.6) is 0 Å². The van der Waals surface area contributed by atoms with Gasteiger partial charge in [0, 0.05) is 29.9 Å². The molecule has 3 aromatic rings. The second-order valence-corrected chi connectivity index (χ2v) is 7.45. The summed E-state index contributed by atoms with van der Waals surface area (Å²) in [4.78, 5) is 8.57. The van der Waals surface area contributed by atoms with Crippen LogP contribution >= 0.6 is 47.3 Å². The van der Waals surface area contributed by atoms with Crippen LogP contribution in [0.3, 0.4) is 0 Å². The summed E-state index contributed by atoms with van der Waals surface area (Å²) in [7, 11) is 1.68. The molecule has 6 nitrogen and oxygen atoms in total. The van der Waals surface area contributed by atoms with E-state index in [0.29, 0.717) is 35.8 Å². The SMILES string of the molecule is CN=C(NCc1nc(-c2ccc(Cl)cc2)no1)NCc1ccc(F)cc1CSC.I. The predicted octanol–water partition coefficient (Wildman–Crippen LogP) is 4.88. The Morgan fingerprint density at radius 2 is 1.87 bits per heavy atom. The highest BCUT2D eigenvalue weighted by molar-refractivity contribution is 14.0. The Morgan fingerprint density at radius 3 is 2.57 bits per heavy atom. The van der Waals surface area contributed by atoms with Crippen LogP contribution < -0.4 is 10.6 Å². The molecule has 2 N–H and O–H groups in total. The number of rotatable bonds is 7. The Hall–Kier alpha value is -1.85. The fourth-order valence-electron chi connectivity index (χ4n) is 2.66. The molecule has 0 fully saturated rings. The Labute approximate surface area is 201 Å². The molecule has 0 unspecified atom stereocenters. The molecule has 0 amide bonds. The van der Waals surface area contributed by atoms with Gasteiger partial charge in [-0.25, -0.2) is 4.39 Å². The number of benzene rings is 2. The predicted molar refractivity (Wildman–Crippen MR) is 131 cm³/mol. The van der Waals surface area contributed by atoms with E-state index < -0.39 is 0 Å². The van der Waals surface area contributed by atoms with Crippen molar-refractivity contribution >= 4 is 53.3 Å². The molecule has 1 heterocycles. The summed E-state index contributed by atoms with van der Waals surface area (Å²) >= 11 is 7.55. The van der Waals surface area contributed by atoms with Gasteiger partial charge in [-0.05, 0) is 53.8 Å². The summed E-state index contributed by atoms with van der Waals surface area (Å²) in [5.74, 6) is 2.03. The van der Waals surface area contributed by atoms with Crippen LogP contribution in [0.2, 0.25) is 5.02 Å². The zero-order valence-corrected chi connectivity index (χ0v) is 20.4. The number of hydrogen-bond acceptors (Lipinski definition) is 5. The lowest BCUT2D eigenvalue weighted by Crippen LogP contribution is -2.36. The number of nitrogens with zero attached hydrogens (tertiary/aromatic N) is 3. The van der Waals surface area contributed by atoms with Gasteiger partial charge in [0.2, 0.25) is 11.7 Å². The van der Waals surface area contributed by atoms with Crippen LogP contribution in [-0.2, 0) is 18.8 Å². The molecule has 30 heavy (non-hydrogen) atoms. The van der Waals surface area contributed by atoms with Gasteiger partial charge in [-0.15, -0.1) is 24.0 Å². The number of halogens is 3. The molecule has 10 heteroatoms. The third-order valence-corrected chi connectivity index (χ3v) is 4.97. The minimum absolute atomic E-state index is 0. The van der Waals surface area contributed by atoms with E-state index in [9.17, 15) is 4.39 Å². The summed E-state index contributed by atoms with van der Waals surface area (Å²) < 4.78 is 18.8. The van der Waals surface area contributed by atoms with E-state index in [0.717, 1.165) is 22.4 Å². The van der Waals surface area contributed by atoms with Gasteiger partial charge in [-0.1, -0.05) is 22.8 Å². The highest BCUT2D eigenvalue weighted by Crippen LogP contribution is 2.19. The summed E-state index contributed by atoms with van der Waals surface area (Å²) in [5, 5.41) is 11.0. The molecule has 0 saturated carbocycles. The van der Waals surface area contributed by atoms with Crippen LogP contribution in [0.1, 0.15) is 17.0 Å². The molecular formula is C20H22ClFIN5OS. The fourth-order valence-corrected chi connectivity index (χ4v) is 3.36. The third kappa shape index (κ3) is 6.85. The van der Waals surface area contributed by atoms with Gasteiger partial charge in [0.25, 0.3) is 0 Å². The van der Waals surface area contributed by atoms with Crippen molar-refractivity contribution in [1.82, 2.24) is 20.8 Å². The molecule has 160 valence electrons. The summed E-state index contributed by atoms with van der Waals surface area (Å²) in [6.07, 6.45) is 1.99. The van der Waals surface area contributed by atoms with Crippen molar-refractivity contribution < 1.29 is 8.91 Å².